The molecule has 0 radical (unpaired) electrons. The smallest absolute Gasteiger partial charge is 0.290 e. The fourth-order valence-corrected chi connectivity index (χ4v) is 5.57. The van der Waals surface area contributed by atoms with Gasteiger partial charge in [0.25, 0.3) is 12.4 Å². The lowest BCUT2D eigenvalue weighted by molar-refractivity contribution is -0.124. The summed E-state index contributed by atoms with van der Waals surface area (Å²) >= 11 is 0. The lowest BCUT2D eigenvalue weighted by atomic mass is 9.90. The summed E-state index contributed by atoms with van der Waals surface area (Å²) in [4.78, 5) is 26.2. The van der Waals surface area contributed by atoms with Gasteiger partial charge in [0, 0.05) is 54.6 Å². The van der Waals surface area contributed by atoms with Crippen molar-refractivity contribution in [2.75, 3.05) is 25.1 Å². The zero-order valence-electron chi connectivity index (χ0n) is 26.8. The van der Waals surface area contributed by atoms with Crippen LogP contribution in [0, 0.1) is 28.5 Å². The molecule has 1 amide bonds. The Balaban J connectivity index is 0.00000181. The van der Waals surface area contributed by atoms with E-state index in [1.165, 1.54) is 49.7 Å². The number of aromatic hydroxyl groups is 2. The van der Waals surface area contributed by atoms with Gasteiger partial charge in [-0.25, -0.2) is 14.9 Å². The van der Waals surface area contributed by atoms with Crippen LogP contribution in [0.4, 0.5) is 10.2 Å². The SMILES string of the molecule is COc1ccc(-c2cnc(N3CCC(NCc4ccc(/C=C/C(=O)NO)cc4)CC3)c(C#N)c2-c2ccc(C#N)c(F)c2)c(O)c1O.O=CO. The van der Waals surface area contributed by atoms with Crippen LogP contribution >= 0.6 is 0 Å². The molecule has 0 saturated carbocycles. The molecule has 1 fully saturated rings. The average molecular weight is 681 g/mol. The number of ether oxygens (including phenoxy) is 1. The van der Waals surface area contributed by atoms with Crippen LogP contribution in [-0.2, 0) is 16.1 Å². The number of amides is 1. The van der Waals surface area contributed by atoms with Crippen molar-refractivity contribution in [1.29, 1.82) is 10.5 Å². The van der Waals surface area contributed by atoms with Crippen LogP contribution in [0.15, 0.2) is 66.9 Å². The Morgan fingerprint density at radius 1 is 1.06 bits per heavy atom. The highest BCUT2D eigenvalue weighted by Crippen LogP contribution is 2.47. The Morgan fingerprint density at radius 3 is 2.36 bits per heavy atom. The molecule has 0 aliphatic carbocycles. The standard InChI is InChI=1S/C35H31FN6O5.CH2O2/c1-47-30-10-9-26(33(44)34(30)45)28-20-40-35(27(18-38)32(28)23-7-8-24(17-37)29(36)16-23)42-14-12-25(13-15-42)39-19-22-4-2-21(3-5-22)6-11-31(43)41-46;2-1-3/h2-11,16,20,25,39,44-46H,12-15,19H2,1H3,(H,41,43);1H,(H,2,3)/b11-6+;. The van der Waals surface area contributed by atoms with Gasteiger partial charge in [0.15, 0.2) is 11.5 Å². The number of benzene rings is 3. The molecule has 2 heterocycles. The van der Waals surface area contributed by atoms with Crippen LogP contribution in [-0.4, -0.2) is 64.1 Å². The normalized spacial score (nSPS) is 12.7. The molecule has 13 nitrogen and oxygen atoms in total. The molecule has 0 atom stereocenters. The molecule has 5 rings (SSSR count). The number of hydroxylamine groups is 1. The second-order valence-corrected chi connectivity index (χ2v) is 11.0. The minimum Gasteiger partial charge on any atom is -0.504 e. The maximum absolute atomic E-state index is 14.9. The summed E-state index contributed by atoms with van der Waals surface area (Å²) in [6, 6.07) is 18.9. The number of hydrogen-bond donors (Lipinski definition) is 6. The summed E-state index contributed by atoms with van der Waals surface area (Å²) < 4.78 is 20.0. The van der Waals surface area contributed by atoms with Crippen molar-refractivity contribution in [3.05, 3.63) is 94.9 Å². The number of nitrogens with one attached hydrogen (secondary N) is 2. The van der Waals surface area contributed by atoms with Crippen LogP contribution in [0.2, 0.25) is 0 Å². The third kappa shape index (κ3) is 8.32. The highest BCUT2D eigenvalue weighted by molar-refractivity contribution is 5.93. The van der Waals surface area contributed by atoms with E-state index in [0.29, 0.717) is 42.1 Å². The van der Waals surface area contributed by atoms with Gasteiger partial charge in [0.1, 0.15) is 29.3 Å². The zero-order chi connectivity index (χ0) is 36.2. The second kappa shape index (κ2) is 17.1. The summed E-state index contributed by atoms with van der Waals surface area (Å²) in [6.45, 7) is 1.56. The van der Waals surface area contributed by atoms with E-state index in [1.807, 2.05) is 29.2 Å². The van der Waals surface area contributed by atoms with Crippen molar-refractivity contribution < 1.29 is 39.2 Å². The van der Waals surface area contributed by atoms with E-state index in [4.69, 9.17) is 19.8 Å². The lowest BCUT2D eigenvalue weighted by Crippen LogP contribution is -2.42. The minimum atomic E-state index is -0.757. The van der Waals surface area contributed by atoms with E-state index >= 15 is 0 Å². The second-order valence-electron chi connectivity index (χ2n) is 11.0. The highest BCUT2D eigenvalue weighted by Gasteiger charge is 2.27. The number of anilines is 1. The number of phenols is 2. The number of aromatic nitrogens is 1. The van der Waals surface area contributed by atoms with Crippen molar-refractivity contribution in [2.45, 2.75) is 25.4 Å². The molecule has 0 spiro atoms. The van der Waals surface area contributed by atoms with Gasteiger partial charge in [-0.1, -0.05) is 30.3 Å². The first-order valence-electron chi connectivity index (χ1n) is 15.2. The minimum absolute atomic E-state index is 0.0534. The van der Waals surface area contributed by atoms with Gasteiger partial charge in [-0.2, -0.15) is 10.5 Å². The molecule has 14 heteroatoms. The molecule has 0 bridgehead atoms. The number of carbonyl (C=O) groups is 2. The quantitative estimate of drug-likeness (QED) is 0.0467. The summed E-state index contributed by atoms with van der Waals surface area (Å²) in [5.41, 5.74) is 4.52. The van der Waals surface area contributed by atoms with Crippen LogP contribution in [0.5, 0.6) is 17.2 Å². The Labute approximate surface area is 286 Å². The number of phenolic OH excluding ortho intramolecular Hbond substituents is 2. The Morgan fingerprint density at radius 2 is 1.76 bits per heavy atom. The van der Waals surface area contributed by atoms with Gasteiger partial charge in [0.2, 0.25) is 5.75 Å². The predicted molar refractivity (Wildman–Crippen MR) is 181 cm³/mol. The third-order valence-electron chi connectivity index (χ3n) is 8.08. The number of carboxylic acid groups (broad SMARTS) is 1. The van der Waals surface area contributed by atoms with Crippen molar-refractivity contribution in [3.63, 3.8) is 0 Å². The van der Waals surface area contributed by atoms with Crippen molar-refractivity contribution in [1.82, 2.24) is 15.8 Å². The molecule has 4 aromatic rings. The predicted octanol–water partition coefficient (Wildman–Crippen LogP) is 4.70. The van der Waals surface area contributed by atoms with E-state index < -0.39 is 23.2 Å². The number of hydrogen-bond acceptors (Lipinski definition) is 11. The molecule has 1 aromatic heterocycles. The molecule has 1 aliphatic heterocycles. The Hall–Kier alpha value is -6.48. The summed E-state index contributed by atoms with van der Waals surface area (Å²) in [5.74, 6) is -1.87. The van der Waals surface area contributed by atoms with Gasteiger partial charge < -0.3 is 30.3 Å². The zero-order valence-corrected chi connectivity index (χ0v) is 26.8. The van der Waals surface area contributed by atoms with Crippen molar-refractivity contribution >= 4 is 24.3 Å². The first kappa shape index (κ1) is 36.4. The summed E-state index contributed by atoms with van der Waals surface area (Å²) in [6.07, 6.45) is 5.85. The molecule has 50 heavy (non-hydrogen) atoms. The van der Waals surface area contributed by atoms with Crippen LogP contribution < -0.4 is 20.4 Å². The van der Waals surface area contributed by atoms with Crippen molar-refractivity contribution in [3.8, 4) is 51.6 Å². The number of nitriles is 2. The van der Waals surface area contributed by atoms with Crippen LogP contribution in [0.25, 0.3) is 28.3 Å². The number of piperidine rings is 1. The maximum atomic E-state index is 14.9. The first-order chi connectivity index (χ1) is 24.2. The molecule has 1 aliphatic rings. The maximum Gasteiger partial charge on any atom is 0.290 e. The fraction of sp³-hybridized carbons (Fsp3) is 0.194. The van der Waals surface area contributed by atoms with Gasteiger partial charge in [-0.15, -0.1) is 0 Å². The van der Waals surface area contributed by atoms with Crippen LogP contribution in [0.3, 0.4) is 0 Å². The van der Waals surface area contributed by atoms with E-state index in [-0.39, 0.29) is 35.0 Å². The largest absolute Gasteiger partial charge is 0.504 e. The molecule has 256 valence electrons. The first-order valence-corrected chi connectivity index (χ1v) is 15.2. The van der Waals surface area contributed by atoms with E-state index in [1.54, 1.807) is 17.6 Å². The van der Waals surface area contributed by atoms with Crippen molar-refractivity contribution in [2.24, 2.45) is 0 Å². The van der Waals surface area contributed by atoms with Gasteiger partial charge in [-0.05, 0) is 59.9 Å². The fourth-order valence-electron chi connectivity index (χ4n) is 5.57. The topological polar surface area (TPSA) is 212 Å². The van der Waals surface area contributed by atoms with E-state index in [0.717, 1.165) is 24.0 Å². The Bertz CT molecular complexity index is 1960. The number of pyridine rings is 1. The number of methoxy groups -OCH3 is 1. The lowest BCUT2D eigenvalue weighted by Gasteiger charge is -2.34. The van der Waals surface area contributed by atoms with E-state index in [2.05, 4.69) is 16.4 Å². The third-order valence-corrected chi connectivity index (χ3v) is 8.08. The summed E-state index contributed by atoms with van der Waals surface area (Å²) in [7, 11) is 1.35. The Kier molecular flexibility index (Phi) is 12.4. The number of halogens is 1. The van der Waals surface area contributed by atoms with Crippen LogP contribution in [0.1, 0.15) is 35.1 Å². The number of nitrogens with zero attached hydrogens (tertiary/aromatic N) is 4. The summed E-state index contributed by atoms with van der Waals surface area (Å²) in [5, 5.41) is 60.2. The molecule has 3 aromatic carbocycles. The average Bonchev–Trinajstić information content (AvgIpc) is 3.14. The number of rotatable bonds is 9. The van der Waals surface area contributed by atoms with E-state index in [9.17, 15) is 29.9 Å². The molecule has 6 N–H and O–H groups in total. The monoisotopic (exact) mass is 680 g/mol. The number of carbonyl (C=O) groups excluding carboxylic acids is 1. The van der Waals surface area contributed by atoms with Gasteiger partial charge in [-0.3, -0.25) is 14.8 Å². The highest BCUT2D eigenvalue weighted by atomic mass is 19.1. The van der Waals surface area contributed by atoms with Gasteiger partial charge in [0.05, 0.1) is 12.7 Å². The molecular formula is C36H33FN6O7. The van der Waals surface area contributed by atoms with Gasteiger partial charge >= 0.3 is 0 Å². The molecule has 0 unspecified atom stereocenters. The molecule has 1 saturated heterocycles. The molecular weight excluding hydrogens is 647 g/mol.